The molecular formula is C13H22N2O. The Kier molecular flexibility index (Phi) is 3.66. The van der Waals surface area contributed by atoms with E-state index in [1.165, 1.54) is 19.3 Å². The average molecular weight is 222 g/mol. The van der Waals surface area contributed by atoms with E-state index in [-0.39, 0.29) is 6.04 Å². The molecule has 0 radical (unpaired) electrons. The molecule has 1 fully saturated rings. The van der Waals surface area contributed by atoms with Crippen LogP contribution in [0.4, 0.5) is 0 Å². The minimum Gasteiger partial charge on any atom is -0.465 e. The molecule has 0 aliphatic heterocycles. The normalized spacial score (nSPS) is 27.2. The lowest BCUT2D eigenvalue weighted by atomic mass is 10.1. The van der Waals surface area contributed by atoms with Gasteiger partial charge in [-0.3, -0.25) is 0 Å². The molecule has 1 saturated carbocycles. The van der Waals surface area contributed by atoms with E-state index >= 15 is 0 Å². The molecule has 0 bridgehead atoms. The zero-order valence-corrected chi connectivity index (χ0v) is 10.2. The predicted octanol–water partition coefficient (Wildman–Crippen LogP) is 2.37. The van der Waals surface area contributed by atoms with Crippen LogP contribution in [0.5, 0.6) is 0 Å². The molecule has 1 aliphatic carbocycles. The summed E-state index contributed by atoms with van der Waals surface area (Å²) in [6.45, 7) is 4.88. The fourth-order valence-electron chi connectivity index (χ4n) is 2.55. The number of nitrogens with two attached hydrogens (primary N) is 1. The Morgan fingerprint density at radius 2 is 2.31 bits per heavy atom. The Hall–Kier alpha value is -0.800. The van der Waals surface area contributed by atoms with Gasteiger partial charge in [0.1, 0.15) is 11.5 Å². The molecule has 16 heavy (non-hydrogen) atoms. The summed E-state index contributed by atoms with van der Waals surface area (Å²) in [5, 5.41) is 3.61. The number of hydrogen-bond donors (Lipinski definition) is 2. The van der Waals surface area contributed by atoms with Crippen LogP contribution in [0.3, 0.4) is 0 Å². The van der Waals surface area contributed by atoms with Gasteiger partial charge >= 0.3 is 0 Å². The summed E-state index contributed by atoms with van der Waals surface area (Å²) in [5.41, 5.74) is 5.80. The second-order valence-electron chi connectivity index (χ2n) is 5.02. The Labute approximate surface area is 97.4 Å². The average Bonchev–Trinajstić information content (AvgIpc) is 2.84. The van der Waals surface area contributed by atoms with Crippen molar-refractivity contribution in [1.82, 2.24) is 5.32 Å². The summed E-state index contributed by atoms with van der Waals surface area (Å²) < 4.78 is 5.63. The zero-order chi connectivity index (χ0) is 11.5. The summed E-state index contributed by atoms with van der Waals surface area (Å²) >= 11 is 0. The number of nitrogens with one attached hydrogen (secondary N) is 1. The molecule has 3 atom stereocenters. The minimum absolute atomic E-state index is 0.170. The highest BCUT2D eigenvalue weighted by Crippen LogP contribution is 2.27. The van der Waals surface area contributed by atoms with E-state index < -0.39 is 0 Å². The highest BCUT2D eigenvalue weighted by atomic mass is 16.3. The maximum Gasteiger partial charge on any atom is 0.122 e. The van der Waals surface area contributed by atoms with Gasteiger partial charge < -0.3 is 15.5 Å². The van der Waals surface area contributed by atoms with Crippen LogP contribution in [0.25, 0.3) is 0 Å². The van der Waals surface area contributed by atoms with Gasteiger partial charge in [-0.05, 0) is 44.2 Å². The summed E-state index contributed by atoms with van der Waals surface area (Å²) in [4.78, 5) is 0. The van der Waals surface area contributed by atoms with Crippen LogP contribution < -0.4 is 11.1 Å². The first kappa shape index (κ1) is 11.7. The lowest BCUT2D eigenvalue weighted by molar-refractivity contribution is 0.365. The van der Waals surface area contributed by atoms with Crippen LogP contribution in [-0.2, 0) is 0 Å². The fraction of sp³-hybridized carbons (Fsp3) is 0.692. The van der Waals surface area contributed by atoms with E-state index in [1.807, 2.05) is 19.1 Å². The van der Waals surface area contributed by atoms with Crippen molar-refractivity contribution in [3.63, 3.8) is 0 Å². The molecule has 2 rings (SSSR count). The monoisotopic (exact) mass is 222 g/mol. The van der Waals surface area contributed by atoms with E-state index in [0.717, 1.165) is 17.4 Å². The third-order valence-electron chi connectivity index (χ3n) is 3.47. The number of hydrogen-bond acceptors (Lipinski definition) is 3. The number of furan rings is 1. The van der Waals surface area contributed by atoms with Gasteiger partial charge in [0, 0.05) is 12.6 Å². The summed E-state index contributed by atoms with van der Waals surface area (Å²) in [6.07, 6.45) is 3.85. The topological polar surface area (TPSA) is 51.2 Å². The SMILES string of the molecule is Cc1ccc(C(CN)NC2CCC(C)C2)o1. The van der Waals surface area contributed by atoms with E-state index in [1.54, 1.807) is 0 Å². The first-order chi connectivity index (χ1) is 7.69. The van der Waals surface area contributed by atoms with Crippen LogP contribution in [0.2, 0.25) is 0 Å². The molecule has 0 saturated heterocycles. The van der Waals surface area contributed by atoms with Crippen LogP contribution in [0, 0.1) is 12.8 Å². The first-order valence-corrected chi connectivity index (χ1v) is 6.21. The van der Waals surface area contributed by atoms with E-state index in [0.29, 0.717) is 12.6 Å². The van der Waals surface area contributed by atoms with Gasteiger partial charge in [-0.25, -0.2) is 0 Å². The van der Waals surface area contributed by atoms with Gasteiger partial charge in [0.25, 0.3) is 0 Å². The lowest BCUT2D eigenvalue weighted by Gasteiger charge is -2.20. The maximum absolute atomic E-state index is 5.80. The van der Waals surface area contributed by atoms with Crippen molar-refractivity contribution >= 4 is 0 Å². The largest absolute Gasteiger partial charge is 0.465 e. The smallest absolute Gasteiger partial charge is 0.122 e. The van der Waals surface area contributed by atoms with E-state index in [9.17, 15) is 0 Å². The summed E-state index contributed by atoms with van der Waals surface area (Å²) in [5.74, 6) is 2.77. The Morgan fingerprint density at radius 1 is 1.50 bits per heavy atom. The van der Waals surface area contributed by atoms with E-state index in [4.69, 9.17) is 10.2 Å². The highest BCUT2D eigenvalue weighted by Gasteiger charge is 2.24. The van der Waals surface area contributed by atoms with Crippen molar-refractivity contribution in [2.24, 2.45) is 11.7 Å². The van der Waals surface area contributed by atoms with Crippen LogP contribution in [-0.4, -0.2) is 12.6 Å². The van der Waals surface area contributed by atoms with Crippen molar-refractivity contribution < 1.29 is 4.42 Å². The van der Waals surface area contributed by atoms with Crippen LogP contribution >= 0.6 is 0 Å². The molecule has 3 unspecified atom stereocenters. The first-order valence-electron chi connectivity index (χ1n) is 6.21. The molecule has 1 aromatic rings. The lowest BCUT2D eigenvalue weighted by Crippen LogP contribution is -2.35. The number of rotatable bonds is 4. The molecule has 3 heteroatoms. The Morgan fingerprint density at radius 3 is 2.81 bits per heavy atom. The standard InChI is InChI=1S/C13H22N2O/c1-9-3-5-11(7-9)15-12(8-14)13-6-4-10(2)16-13/h4,6,9,11-12,15H,3,5,7-8,14H2,1-2H3. The maximum atomic E-state index is 5.80. The molecule has 0 spiro atoms. The van der Waals surface area contributed by atoms with Gasteiger partial charge in [-0.15, -0.1) is 0 Å². The predicted molar refractivity (Wildman–Crippen MR) is 65.2 cm³/mol. The highest BCUT2D eigenvalue weighted by molar-refractivity contribution is 5.10. The van der Waals surface area contributed by atoms with Crippen LogP contribution in [0.1, 0.15) is 43.7 Å². The Bertz CT molecular complexity index is 334. The van der Waals surface area contributed by atoms with Crippen molar-refractivity contribution in [1.29, 1.82) is 0 Å². The second kappa shape index (κ2) is 5.02. The quantitative estimate of drug-likeness (QED) is 0.822. The van der Waals surface area contributed by atoms with Crippen molar-refractivity contribution in [3.05, 3.63) is 23.7 Å². The van der Waals surface area contributed by atoms with Crippen LogP contribution in [0.15, 0.2) is 16.5 Å². The molecule has 1 aromatic heterocycles. The third-order valence-corrected chi connectivity index (χ3v) is 3.47. The van der Waals surface area contributed by atoms with Crippen molar-refractivity contribution in [2.45, 2.75) is 45.2 Å². The zero-order valence-electron chi connectivity index (χ0n) is 10.2. The van der Waals surface area contributed by atoms with Gasteiger partial charge in [-0.1, -0.05) is 6.92 Å². The fourth-order valence-corrected chi connectivity index (χ4v) is 2.55. The van der Waals surface area contributed by atoms with E-state index in [2.05, 4.69) is 12.2 Å². The third kappa shape index (κ3) is 2.66. The van der Waals surface area contributed by atoms with Gasteiger partial charge in [0.2, 0.25) is 0 Å². The molecule has 90 valence electrons. The molecule has 3 nitrogen and oxygen atoms in total. The molecule has 1 aliphatic rings. The Balaban J connectivity index is 1.95. The van der Waals surface area contributed by atoms with Crippen molar-refractivity contribution in [2.75, 3.05) is 6.54 Å². The minimum atomic E-state index is 0.170. The molecule has 0 amide bonds. The summed E-state index contributed by atoms with van der Waals surface area (Å²) in [6, 6.07) is 4.80. The molecule has 3 N–H and O–H groups in total. The second-order valence-corrected chi connectivity index (χ2v) is 5.02. The van der Waals surface area contributed by atoms with Gasteiger partial charge in [0.05, 0.1) is 6.04 Å². The summed E-state index contributed by atoms with van der Waals surface area (Å²) in [7, 11) is 0. The molecule has 0 aromatic carbocycles. The number of aryl methyl sites for hydroxylation is 1. The molecule has 1 heterocycles. The van der Waals surface area contributed by atoms with Crippen molar-refractivity contribution in [3.8, 4) is 0 Å². The van der Waals surface area contributed by atoms with Gasteiger partial charge in [-0.2, -0.15) is 0 Å². The molecular weight excluding hydrogens is 200 g/mol. The van der Waals surface area contributed by atoms with Gasteiger partial charge in [0.15, 0.2) is 0 Å².